The topological polar surface area (TPSA) is 46.3 Å². The fraction of sp³-hybridized carbons (Fsp3) is 0.357. The molecule has 96 valence electrons. The fourth-order valence-electron chi connectivity index (χ4n) is 2.08. The van der Waals surface area contributed by atoms with Gasteiger partial charge in [0, 0.05) is 25.2 Å². The number of nitrogens with zero attached hydrogens (tertiary/aromatic N) is 1. The summed E-state index contributed by atoms with van der Waals surface area (Å²) in [5.74, 6) is -0.347. The number of hydrogen-bond donors (Lipinski definition) is 1. The average Bonchev–Trinajstić information content (AvgIpc) is 2.76. The molecule has 1 fully saturated rings. The van der Waals surface area contributed by atoms with Crippen molar-refractivity contribution in [3.8, 4) is 0 Å². The number of halogens is 1. The number of carbonyl (C=O) groups excluding carboxylic acids is 1. The number of likely N-dealkylation sites (tertiary alicyclic amines) is 1. The second-order valence-corrected chi connectivity index (χ2v) is 4.67. The molecule has 0 spiro atoms. The first-order valence-corrected chi connectivity index (χ1v) is 6.05. The summed E-state index contributed by atoms with van der Waals surface area (Å²) in [7, 11) is 0. The van der Waals surface area contributed by atoms with Gasteiger partial charge in [-0.15, -0.1) is 0 Å². The molecule has 2 N–H and O–H groups in total. The molecule has 0 aromatic heterocycles. The number of amides is 1. The lowest BCUT2D eigenvalue weighted by molar-refractivity contribution is -0.125. The number of allylic oxidation sites excluding steroid dienone is 1. The standard InChI is InChI=1S/C14H17FN2O/c1-10(11-3-2-4-12(15)8-11)7-14(18)17-6-5-13(16)9-17/h2-4,7-8,13H,5-6,9,16H2,1H3/t13-/m1/s1. The van der Waals surface area contributed by atoms with E-state index in [1.807, 2.05) is 6.92 Å². The summed E-state index contributed by atoms with van der Waals surface area (Å²) in [4.78, 5) is 13.7. The van der Waals surface area contributed by atoms with E-state index < -0.39 is 0 Å². The molecule has 0 unspecified atom stereocenters. The Labute approximate surface area is 106 Å². The molecular formula is C14H17FN2O. The zero-order valence-electron chi connectivity index (χ0n) is 10.4. The van der Waals surface area contributed by atoms with Gasteiger partial charge in [0.1, 0.15) is 5.82 Å². The highest BCUT2D eigenvalue weighted by Crippen LogP contribution is 2.16. The van der Waals surface area contributed by atoms with Gasteiger partial charge in [0.2, 0.25) is 5.91 Å². The normalized spacial score (nSPS) is 20.3. The van der Waals surface area contributed by atoms with Crippen molar-refractivity contribution in [1.29, 1.82) is 0 Å². The van der Waals surface area contributed by atoms with Gasteiger partial charge >= 0.3 is 0 Å². The van der Waals surface area contributed by atoms with Gasteiger partial charge in [-0.25, -0.2) is 4.39 Å². The minimum atomic E-state index is -0.295. The Hall–Kier alpha value is -1.68. The molecule has 1 aromatic carbocycles. The third-order valence-electron chi connectivity index (χ3n) is 3.16. The molecule has 0 saturated carbocycles. The fourth-order valence-corrected chi connectivity index (χ4v) is 2.08. The Morgan fingerprint density at radius 2 is 2.33 bits per heavy atom. The smallest absolute Gasteiger partial charge is 0.246 e. The van der Waals surface area contributed by atoms with E-state index in [1.165, 1.54) is 12.1 Å². The van der Waals surface area contributed by atoms with Gasteiger partial charge in [0.05, 0.1) is 0 Å². The van der Waals surface area contributed by atoms with E-state index in [0.29, 0.717) is 13.1 Å². The molecular weight excluding hydrogens is 231 g/mol. The molecule has 1 aromatic rings. The number of benzene rings is 1. The summed E-state index contributed by atoms with van der Waals surface area (Å²) in [6, 6.07) is 6.32. The molecule has 1 heterocycles. The molecule has 18 heavy (non-hydrogen) atoms. The molecule has 0 radical (unpaired) electrons. The minimum absolute atomic E-state index is 0.0512. The van der Waals surface area contributed by atoms with E-state index in [4.69, 9.17) is 5.73 Å². The SMILES string of the molecule is CC(=CC(=O)N1CC[C@@H](N)C1)c1cccc(F)c1. The molecule has 1 aliphatic rings. The van der Waals surface area contributed by atoms with E-state index in [9.17, 15) is 9.18 Å². The summed E-state index contributed by atoms with van der Waals surface area (Å²) in [6.07, 6.45) is 2.39. The molecule has 1 amide bonds. The van der Waals surface area contributed by atoms with Crippen molar-refractivity contribution in [1.82, 2.24) is 4.90 Å². The van der Waals surface area contributed by atoms with Crippen LogP contribution in [-0.2, 0) is 4.79 Å². The summed E-state index contributed by atoms with van der Waals surface area (Å²) < 4.78 is 13.1. The first-order valence-electron chi connectivity index (χ1n) is 6.05. The van der Waals surface area contributed by atoms with Crippen molar-refractivity contribution >= 4 is 11.5 Å². The zero-order chi connectivity index (χ0) is 13.1. The Morgan fingerprint density at radius 3 is 2.94 bits per heavy atom. The van der Waals surface area contributed by atoms with Gasteiger partial charge in [-0.3, -0.25) is 4.79 Å². The van der Waals surface area contributed by atoms with E-state index in [0.717, 1.165) is 17.6 Å². The maximum Gasteiger partial charge on any atom is 0.246 e. The Morgan fingerprint density at radius 1 is 1.56 bits per heavy atom. The Balaban J connectivity index is 2.10. The van der Waals surface area contributed by atoms with Crippen LogP contribution in [0, 0.1) is 5.82 Å². The zero-order valence-corrected chi connectivity index (χ0v) is 10.4. The first-order chi connectivity index (χ1) is 8.56. The lowest BCUT2D eigenvalue weighted by Gasteiger charge is -2.13. The second-order valence-electron chi connectivity index (χ2n) is 4.67. The largest absolute Gasteiger partial charge is 0.338 e. The molecule has 0 bridgehead atoms. The molecule has 0 aliphatic carbocycles. The van der Waals surface area contributed by atoms with Crippen molar-refractivity contribution < 1.29 is 9.18 Å². The monoisotopic (exact) mass is 248 g/mol. The second kappa shape index (κ2) is 5.31. The van der Waals surface area contributed by atoms with Crippen LogP contribution < -0.4 is 5.73 Å². The molecule has 4 heteroatoms. The van der Waals surface area contributed by atoms with Crippen LogP contribution in [0.5, 0.6) is 0 Å². The van der Waals surface area contributed by atoms with Crippen LogP contribution in [-0.4, -0.2) is 29.9 Å². The van der Waals surface area contributed by atoms with Crippen LogP contribution in [0.25, 0.3) is 5.57 Å². The summed E-state index contributed by atoms with van der Waals surface area (Å²) in [5, 5.41) is 0. The number of rotatable bonds is 2. The minimum Gasteiger partial charge on any atom is -0.338 e. The van der Waals surface area contributed by atoms with Crippen molar-refractivity contribution in [2.24, 2.45) is 5.73 Å². The van der Waals surface area contributed by atoms with E-state index in [2.05, 4.69) is 0 Å². The summed E-state index contributed by atoms with van der Waals surface area (Å²) in [6.45, 7) is 3.11. The molecule has 1 saturated heterocycles. The first kappa shape index (κ1) is 12.8. The highest BCUT2D eigenvalue weighted by atomic mass is 19.1. The van der Waals surface area contributed by atoms with Gasteiger partial charge in [-0.1, -0.05) is 12.1 Å². The maximum atomic E-state index is 13.1. The number of carbonyl (C=O) groups is 1. The molecule has 2 rings (SSSR count). The lowest BCUT2D eigenvalue weighted by atomic mass is 10.1. The van der Waals surface area contributed by atoms with Crippen molar-refractivity contribution in [2.45, 2.75) is 19.4 Å². The number of nitrogens with two attached hydrogens (primary N) is 1. The molecule has 1 atom stereocenters. The summed E-state index contributed by atoms with van der Waals surface area (Å²) in [5.41, 5.74) is 7.25. The van der Waals surface area contributed by atoms with Gasteiger partial charge in [0.25, 0.3) is 0 Å². The van der Waals surface area contributed by atoms with Gasteiger partial charge < -0.3 is 10.6 Å². The van der Waals surface area contributed by atoms with Crippen LogP contribution in [0.15, 0.2) is 30.3 Å². The quantitative estimate of drug-likeness (QED) is 0.811. The van der Waals surface area contributed by atoms with Crippen LogP contribution in [0.2, 0.25) is 0 Å². The van der Waals surface area contributed by atoms with Gasteiger partial charge in [-0.2, -0.15) is 0 Å². The van der Waals surface area contributed by atoms with Gasteiger partial charge in [0.15, 0.2) is 0 Å². The highest BCUT2D eigenvalue weighted by molar-refractivity contribution is 5.95. The van der Waals surface area contributed by atoms with Crippen LogP contribution in [0.1, 0.15) is 18.9 Å². The average molecular weight is 248 g/mol. The third kappa shape index (κ3) is 2.96. The van der Waals surface area contributed by atoms with E-state index in [-0.39, 0.29) is 17.8 Å². The number of hydrogen-bond acceptors (Lipinski definition) is 2. The van der Waals surface area contributed by atoms with Crippen LogP contribution in [0.3, 0.4) is 0 Å². The maximum absolute atomic E-state index is 13.1. The molecule has 3 nitrogen and oxygen atoms in total. The van der Waals surface area contributed by atoms with Crippen molar-refractivity contribution in [2.75, 3.05) is 13.1 Å². The Bertz CT molecular complexity index is 484. The lowest BCUT2D eigenvalue weighted by Crippen LogP contribution is -2.30. The highest BCUT2D eigenvalue weighted by Gasteiger charge is 2.22. The van der Waals surface area contributed by atoms with Gasteiger partial charge in [-0.05, 0) is 36.6 Å². The van der Waals surface area contributed by atoms with Crippen LogP contribution in [0.4, 0.5) is 4.39 Å². The van der Waals surface area contributed by atoms with Crippen molar-refractivity contribution in [3.05, 3.63) is 41.7 Å². The third-order valence-corrected chi connectivity index (χ3v) is 3.16. The predicted octanol–water partition coefficient (Wildman–Crippen LogP) is 1.79. The Kier molecular flexibility index (Phi) is 3.77. The summed E-state index contributed by atoms with van der Waals surface area (Å²) >= 11 is 0. The van der Waals surface area contributed by atoms with Crippen molar-refractivity contribution in [3.63, 3.8) is 0 Å². The van der Waals surface area contributed by atoms with Crippen LogP contribution >= 0.6 is 0 Å². The molecule has 1 aliphatic heterocycles. The van der Waals surface area contributed by atoms with E-state index in [1.54, 1.807) is 23.1 Å². The van der Waals surface area contributed by atoms with E-state index >= 15 is 0 Å². The predicted molar refractivity (Wildman–Crippen MR) is 69.2 cm³/mol.